The van der Waals surface area contributed by atoms with Crippen LogP contribution < -0.4 is 5.73 Å². The van der Waals surface area contributed by atoms with Gasteiger partial charge in [0.1, 0.15) is 22.8 Å². The highest BCUT2D eigenvalue weighted by atomic mass is 19.4. The van der Waals surface area contributed by atoms with E-state index in [1.807, 2.05) is 11.8 Å². The smallest absolute Gasteiger partial charge is 0.417 e. The number of carbonyl (C=O) groups excluding carboxylic acids is 3. The maximum absolute atomic E-state index is 15.0. The maximum Gasteiger partial charge on any atom is 0.417 e. The summed E-state index contributed by atoms with van der Waals surface area (Å²) in [6.07, 6.45) is -1.53. The van der Waals surface area contributed by atoms with E-state index in [2.05, 4.69) is 0 Å². The first-order valence-electron chi connectivity index (χ1n) is 15.3. The highest BCUT2D eigenvalue weighted by molar-refractivity contribution is 6.24. The SMILES string of the molecule is C[C@H](C1CC1)N(Cc1cc(O)c2c(c1C(F)(F)F)C[C@H]1C[C@H]3[C@H](N(C)C)C(=O)C(C(N)=O)=C(O)[C@@]3(O)C(=O)C1=C2O)CC1CC1. The van der Waals surface area contributed by atoms with E-state index in [9.17, 15) is 48.0 Å². The number of halogens is 3. The van der Waals surface area contributed by atoms with Crippen molar-refractivity contribution in [1.82, 2.24) is 9.80 Å². The molecule has 0 radical (unpaired) electrons. The van der Waals surface area contributed by atoms with Crippen molar-refractivity contribution < 1.29 is 48.0 Å². The number of nitrogens with two attached hydrogens (primary N) is 1. The van der Waals surface area contributed by atoms with Crippen molar-refractivity contribution >= 4 is 23.2 Å². The molecule has 13 heteroatoms. The monoisotopic (exact) mass is 633 g/mol. The van der Waals surface area contributed by atoms with Gasteiger partial charge in [0.15, 0.2) is 11.4 Å². The summed E-state index contributed by atoms with van der Waals surface area (Å²) in [5.74, 6) is -8.09. The molecular weight excluding hydrogens is 595 g/mol. The Hall–Kier alpha value is -3.42. The number of rotatable bonds is 8. The van der Waals surface area contributed by atoms with Gasteiger partial charge >= 0.3 is 6.18 Å². The fraction of sp³-hybridized carbons (Fsp3) is 0.594. The number of benzene rings is 1. The molecule has 0 saturated heterocycles. The van der Waals surface area contributed by atoms with Crippen molar-refractivity contribution in [2.75, 3.05) is 20.6 Å². The fourth-order valence-corrected chi connectivity index (χ4v) is 7.96. The van der Waals surface area contributed by atoms with E-state index in [-0.39, 0.29) is 30.1 Å². The van der Waals surface area contributed by atoms with E-state index >= 15 is 0 Å². The number of Topliss-reactive ketones (excluding diaryl/α,β-unsaturated/α-hetero) is 2. The van der Waals surface area contributed by atoms with Gasteiger partial charge in [-0.1, -0.05) is 0 Å². The Morgan fingerprint density at radius 2 is 1.78 bits per heavy atom. The molecule has 0 aliphatic heterocycles. The number of alkyl halides is 3. The summed E-state index contributed by atoms with van der Waals surface area (Å²) in [5, 5.41) is 45.2. The van der Waals surface area contributed by atoms with Crippen LogP contribution in [-0.4, -0.2) is 86.0 Å². The molecule has 3 fully saturated rings. The van der Waals surface area contributed by atoms with Crippen LogP contribution in [0.25, 0.3) is 5.76 Å². The van der Waals surface area contributed by atoms with Crippen LogP contribution in [0, 0.1) is 23.7 Å². The van der Waals surface area contributed by atoms with Crippen molar-refractivity contribution in [2.24, 2.45) is 29.4 Å². The second-order valence-electron chi connectivity index (χ2n) is 13.7. The molecule has 6 N–H and O–H groups in total. The number of aromatic hydroxyl groups is 1. The minimum atomic E-state index is -4.87. The number of hydrogen-bond donors (Lipinski definition) is 5. The first-order chi connectivity index (χ1) is 21.0. The number of hydrogen-bond acceptors (Lipinski definition) is 9. The molecule has 45 heavy (non-hydrogen) atoms. The number of fused-ring (bicyclic) bond motifs is 3. The molecule has 6 rings (SSSR count). The Bertz CT molecular complexity index is 1560. The van der Waals surface area contributed by atoms with Crippen LogP contribution in [-0.2, 0) is 33.5 Å². The Morgan fingerprint density at radius 1 is 1.13 bits per heavy atom. The second kappa shape index (κ2) is 10.6. The second-order valence-corrected chi connectivity index (χ2v) is 13.7. The van der Waals surface area contributed by atoms with E-state index < -0.39 is 93.1 Å². The number of primary amides is 1. The molecule has 0 spiro atoms. The summed E-state index contributed by atoms with van der Waals surface area (Å²) >= 11 is 0. The van der Waals surface area contributed by atoms with Gasteiger partial charge in [-0.05, 0) is 94.5 Å². The fourth-order valence-electron chi connectivity index (χ4n) is 7.96. The van der Waals surface area contributed by atoms with Gasteiger partial charge < -0.3 is 26.2 Å². The number of ketones is 2. The van der Waals surface area contributed by atoms with Crippen LogP contribution >= 0.6 is 0 Å². The summed E-state index contributed by atoms with van der Waals surface area (Å²) in [5.41, 5.74) is -1.03. The number of aliphatic hydroxyl groups excluding tert-OH is 2. The Kier molecular flexibility index (Phi) is 7.41. The van der Waals surface area contributed by atoms with Crippen LogP contribution in [0.4, 0.5) is 13.2 Å². The zero-order valence-electron chi connectivity index (χ0n) is 25.3. The number of likely N-dealkylation sites (N-methyl/N-ethyl adjacent to an activating group) is 1. The molecule has 1 aromatic carbocycles. The van der Waals surface area contributed by atoms with Gasteiger partial charge in [-0.25, -0.2) is 0 Å². The van der Waals surface area contributed by atoms with Crippen molar-refractivity contribution in [3.63, 3.8) is 0 Å². The standard InChI is InChI=1S/C32H38F3N3O7/c1-13(15-6-7-15)38(11-14-4-5-14)12-17-10-20(39)22-18(24(17)32(33,34)35)8-16-9-19-25(37(2)3)27(41)23(30(36)44)29(43)31(19,45)28(42)21(16)26(22)40/h10,13-16,19,25,39-40,43,45H,4-9,11-12H2,1-3H3,(H2,36,44)/t13-,16+,19+,25+,31+/m1/s1. The topological polar surface area (TPSA) is 165 Å². The van der Waals surface area contributed by atoms with E-state index in [0.717, 1.165) is 31.7 Å². The first-order valence-corrected chi connectivity index (χ1v) is 15.3. The quantitative estimate of drug-likeness (QED) is 0.271. The predicted molar refractivity (Wildman–Crippen MR) is 155 cm³/mol. The van der Waals surface area contributed by atoms with E-state index in [1.165, 1.54) is 19.0 Å². The van der Waals surface area contributed by atoms with Gasteiger partial charge in [-0.2, -0.15) is 13.2 Å². The largest absolute Gasteiger partial charge is 0.508 e. The lowest BCUT2D eigenvalue weighted by molar-refractivity contribution is -0.153. The highest BCUT2D eigenvalue weighted by Gasteiger charge is 2.64. The van der Waals surface area contributed by atoms with Crippen molar-refractivity contribution in [2.45, 2.75) is 75.9 Å². The number of phenols is 1. The molecule has 0 heterocycles. The summed E-state index contributed by atoms with van der Waals surface area (Å²) in [6, 6.07) is -0.284. The molecule has 5 aliphatic carbocycles. The summed E-state index contributed by atoms with van der Waals surface area (Å²) in [7, 11) is 2.91. The van der Waals surface area contributed by atoms with Crippen molar-refractivity contribution in [3.8, 4) is 5.75 Å². The number of nitrogens with zero attached hydrogens (tertiary/aromatic N) is 2. The van der Waals surface area contributed by atoms with E-state index in [0.29, 0.717) is 18.4 Å². The van der Waals surface area contributed by atoms with Gasteiger partial charge in [0.25, 0.3) is 5.91 Å². The van der Waals surface area contributed by atoms with Crippen LogP contribution in [0.5, 0.6) is 5.75 Å². The highest BCUT2D eigenvalue weighted by Crippen LogP contribution is 2.54. The molecule has 0 unspecified atom stereocenters. The number of aliphatic hydroxyl groups is 3. The van der Waals surface area contributed by atoms with Gasteiger partial charge in [-0.15, -0.1) is 0 Å². The van der Waals surface area contributed by atoms with Crippen LogP contribution in [0.3, 0.4) is 0 Å². The average Bonchev–Trinajstić information content (AvgIpc) is 3.84. The molecule has 0 aromatic heterocycles. The molecule has 10 nitrogen and oxygen atoms in total. The average molecular weight is 634 g/mol. The minimum Gasteiger partial charge on any atom is -0.508 e. The summed E-state index contributed by atoms with van der Waals surface area (Å²) < 4.78 is 44.9. The van der Waals surface area contributed by atoms with Gasteiger partial charge in [-0.3, -0.25) is 24.2 Å². The lowest BCUT2D eigenvalue weighted by Crippen LogP contribution is -2.65. The molecule has 5 aliphatic rings. The third-order valence-corrected chi connectivity index (χ3v) is 10.5. The van der Waals surface area contributed by atoms with E-state index in [1.54, 1.807) is 0 Å². The Labute approximate surface area is 258 Å². The molecule has 0 bridgehead atoms. The molecule has 244 valence electrons. The van der Waals surface area contributed by atoms with Crippen molar-refractivity contribution in [1.29, 1.82) is 0 Å². The third kappa shape index (κ3) is 4.94. The lowest BCUT2D eigenvalue weighted by Gasteiger charge is -2.50. The molecular formula is C32H38F3N3O7. The number of carbonyl (C=O) groups is 3. The van der Waals surface area contributed by atoms with Crippen LogP contribution in [0.1, 0.15) is 61.3 Å². The molecule has 1 amide bonds. The van der Waals surface area contributed by atoms with Crippen LogP contribution in [0.2, 0.25) is 0 Å². The molecule has 1 aromatic rings. The minimum absolute atomic E-state index is 0.0521. The molecule has 5 atom stereocenters. The summed E-state index contributed by atoms with van der Waals surface area (Å²) in [4.78, 5) is 42.8. The van der Waals surface area contributed by atoms with Gasteiger partial charge in [0.05, 0.1) is 17.2 Å². The van der Waals surface area contributed by atoms with Crippen molar-refractivity contribution in [3.05, 3.63) is 45.2 Å². The number of amides is 1. The van der Waals surface area contributed by atoms with Gasteiger partial charge in [0, 0.05) is 30.6 Å². The lowest BCUT2D eigenvalue weighted by atomic mass is 9.57. The Morgan fingerprint density at radius 3 is 2.31 bits per heavy atom. The first kappa shape index (κ1) is 31.6. The predicted octanol–water partition coefficient (Wildman–Crippen LogP) is 2.99. The zero-order chi connectivity index (χ0) is 32.9. The maximum atomic E-state index is 15.0. The zero-order valence-corrected chi connectivity index (χ0v) is 25.3. The van der Waals surface area contributed by atoms with E-state index in [4.69, 9.17) is 5.73 Å². The summed E-state index contributed by atoms with van der Waals surface area (Å²) in [6.45, 7) is 2.60. The van der Waals surface area contributed by atoms with Gasteiger partial charge in [0.2, 0.25) is 5.78 Å². The number of phenolic OH excluding ortho intramolecular Hbond substituents is 1. The Balaban J connectivity index is 1.50. The van der Waals surface area contributed by atoms with Crippen LogP contribution in [0.15, 0.2) is 23.0 Å². The third-order valence-electron chi connectivity index (χ3n) is 10.5. The normalized spacial score (nSPS) is 29.2. The molecule has 3 saturated carbocycles.